The number of nitrogens with one attached hydrogen (secondary N) is 1. The lowest BCUT2D eigenvalue weighted by atomic mass is 9.96. The molecular formula is C19H23N5O2S. The first-order chi connectivity index (χ1) is 13.2. The van der Waals surface area contributed by atoms with Gasteiger partial charge in [-0.25, -0.2) is 4.98 Å². The van der Waals surface area contributed by atoms with Crippen LogP contribution in [0.3, 0.4) is 0 Å². The van der Waals surface area contributed by atoms with Gasteiger partial charge in [0.2, 0.25) is 0 Å². The van der Waals surface area contributed by atoms with Gasteiger partial charge in [-0.15, -0.1) is 0 Å². The molecule has 0 radical (unpaired) electrons. The lowest BCUT2D eigenvalue weighted by Gasteiger charge is -2.35. The lowest BCUT2D eigenvalue weighted by molar-refractivity contribution is -0.134. The van der Waals surface area contributed by atoms with Crippen LogP contribution in [-0.2, 0) is 16.1 Å². The number of thioether (sulfide) groups is 1. The number of hydrogen-bond acceptors (Lipinski definition) is 5. The van der Waals surface area contributed by atoms with E-state index in [1.54, 1.807) is 17.3 Å². The Hall–Kier alpha value is -2.22. The highest BCUT2D eigenvalue weighted by molar-refractivity contribution is 8.02. The Bertz CT molecular complexity index is 828. The molecule has 1 aliphatic carbocycles. The summed E-state index contributed by atoms with van der Waals surface area (Å²) in [4.78, 5) is 33.7. The van der Waals surface area contributed by atoms with E-state index in [0.717, 1.165) is 31.1 Å². The Morgan fingerprint density at radius 1 is 1.33 bits per heavy atom. The van der Waals surface area contributed by atoms with E-state index >= 15 is 0 Å². The standard InChI is InChI=1S/C19H23N5O2S/c25-17(15-10-21-19-24(18(15)26)8-9-27-19)23-6-1-2-14(12-23)16-20-5-7-22(16)11-13-3-4-13/h5,7-10,13-14,19,21H,1-4,6,11-12H2. The molecular weight excluding hydrogens is 362 g/mol. The first-order valence-electron chi connectivity index (χ1n) is 9.62. The fraction of sp³-hybridized carbons (Fsp3) is 0.526. The smallest absolute Gasteiger partial charge is 0.267 e. The van der Waals surface area contributed by atoms with Crippen LogP contribution in [0.4, 0.5) is 0 Å². The molecule has 1 saturated heterocycles. The topological polar surface area (TPSA) is 70.5 Å². The highest BCUT2D eigenvalue weighted by atomic mass is 32.2. The second-order valence-electron chi connectivity index (χ2n) is 7.68. The van der Waals surface area contributed by atoms with Crippen molar-refractivity contribution in [3.63, 3.8) is 0 Å². The number of amides is 2. The van der Waals surface area contributed by atoms with Crippen LogP contribution < -0.4 is 5.32 Å². The van der Waals surface area contributed by atoms with E-state index < -0.39 is 0 Å². The van der Waals surface area contributed by atoms with Crippen molar-refractivity contribution < 1.29 is 9.59 Å². The molecule has 2 atom stereocenters. The molecule has 4 aliphatic rings. The molecule has 142 valence electrons. The van der Waals surface area contributed by atoms with E-state index in [1.165, 1.54) is 24.6 Å². The number of likely N-dealkylation sites (tertiary alicyclic amines) is 1. The maximum Gasteiger partial charge on any atom is 0.267 e. The van der Waals surface area contributed by atoms with Crippen molar-refractivity contribution in [1.82, 2.24) is 24.7 Å². The molecule has 1 aromatic heterocycles. The van der Waals surface area contributed by atoms with Crippen molar-refractivity contribution >= 4 is 23.6 Å². The molecule has 2 amide bonds. The van der Waals surface area contributed by atoms with E-state index in [0.29, 0.717) is 13.1 Å². The summed E-state index contributed by atoms with van der Waals surface area (Å²) >= 11 is 1.52. The SMILES string of the molecule is O=C(C1=CNC2SC=CN2C1=O)N1CCCC(c2nccn2CC2CC2)C1. The zero-order valence-electron chi connectivity index (χ0n) is 15.1. The molecule has 1 aromatic rings. The molecule has 0 bridgehead atoms. The molecule has 3 aliphatic heterocycles. The molecule has 7 nitrogen and oxygen atoms in total. The molecule has 27 heavy (non-hydrogen) atoms. The summed E-state index contributed by atoms with van der Waals surface area (Å²) in [5.74, 6) is 1.71. The Kier molecular flexibility index (Phi) is 4.22. The number of fused-ring (bicyclic) bond motifs is 1. The van der Waals surface area contributed by atoms with Gasteiger partial charge in [0, 0.05) is 50.3 Å². The maximum absolute atomic E-state index is 13.1. The van der Waals surface area contributed by atoms with E-state index in [2.05, 4.69) is 21.1 Å². The van der Waals surface area contributed by atoms with Gasteiger partial charge in [-0.2, -0.15) is 0 Å². The van der Waals surface area contributed by atoms with Crippen LogP contribution >= 0.6 is 11.8 Å². The Morgan fingerprint density at radius 2 is 2.22 bits per heavy atom. The number of hydrogen-bond donors (Lipinski definition) is 1. The number of aromatic nitrogens is 2. The van der Waals surface area contributed by atoms with Gasteiger partial charge in [0.1, 0.15) is 11.4 Å². The average molecular weight is 385 g/mol. The van der Waals surface area contributed by atoms with E-state index in [9.17, 15) is 9.59 Å². The zero-order valence-corrected chi connectivity index (χ0v) is 15.9. The van der Waals surface area contributed by atoms with Crippen molar-refractivity contribution in [3.8, 4) is 0 Å². The van der Waals surface area contributed by atoms with E-state index in [4.69, 9.17) is 0 Å². The highest BCUT2D eigenvalue weighted by Gasteiger charge is 2.37. The number of rotatable bonds is 4. The molecule has 0 aromatic carbocycles. The number of piperidine rings is 1. The fourth-order valence-corrected chi connectivity index (χ4v) is 4.87. The van der Waals surface area contributed by atoms with Crippen molar-refractivity contribution in [2.75, 3.05) is 13.1 Å². The quantitative estimate of drug-likeness (QED) is 0.801. The van der Waals surface area contributed by atoms with Gasteiger partial charge in [-0.05, 0) is 37.0 Å². The summed E-state index contributed by atoms with van der Waals surface area (Å²) < 4.78 is 2.26. The van der Waals surface area contributed by atoms with Crippen molar-refractivity contribution in [3.05, 3.63) is 41.6 Å². The third kappa shape index (κ3) is 3.16. The minimum absolute atomic E-state index is 0.127. The fourth-order valence-electron chi connectivity index (χ4n) is 4.08. The molecule has 1 N–H and O–H groups in total. The normalized spacial score (nSPS) is 27.4. The average Bonchev–Trinajstić information content (AvgIpc) is 3.17. The van der Waals surface area contributed by atoms with Gasteiger partial charge in [-0.1, -0.05) is 11.8 Å². The number of imidazole rings is 1. The van der Waals surface area contributed by atoms with Crippen LogP contribution in [-0.4, -0.2) is 49.8 Å². The monoisotopic (exact) mass is 385 g/mol. The van der Waals surface area contributed by atoms with Gasteiger partial charge in [0.05, 0.1) is 0 Å². The van der Waals surface area contributed by atoms with Crippen molar-refractivity contribution in [2.24, 2.45) is 5.92 Å². The van der Waals surface area contributed by atoms with E-state index in [-0.39, 0.29) is 28.8 Å². The summed E-state index contributed by atoms with van der Waals surface area (Å²) in [5, 5.41) is 5.01. The van der Waals surface area contributed by atoms with E-state index in [1.807, 2.05) is 16.5 Å². The lowest BCUT2D eigenvalue weighted by Crippen LogP contribution is -2.49. The number of carbonyl (C=O) groups excluding carboxylic acids is 2. The summed E-state index contributed by atoms with van der Waals surface area (Å²) in [6.07, 6.45) is 11.8. The minimum Gasteiger partial charge on any atom is -0.361 e. The second-order valence-corrected chi connectivity index (χ2v) is 8.67. The molecule has 0 spiro atoms. The largest absolute Gasteiger partial charge is 0.361 e. The van der Waals surface area contributed by atoms with Crippen molar-refractivity contribution in [2.45, 2.75) is 43.6 Å². The Labute approximate surface area is 162 Å². The van der Waals surface area contributed by atoms with Crippen LogP contribution in [0, 0.1) is 5.92 Å². The third-order valence-corrected chi connectivity index (χ3v) is 6.62. The van der Waals surface area contributed by atoms with Gasteiger partial charge in [-0.3, -0.25) is 14.5 Å². The van der Waals surface area contributed by atoms with Gasteiger partial charge >= 0.3 is 0 Å². The maximum atomic E-state index is 13.1. The number of carbonyl (C=O) groups is 2. The molecule has 2 fully saturated rings. The number of nitrogens with zero attached hydrogens (tertiary/aromatic N) is 4. The summed E-state index contributed by atoms with van der Waals surface area (Å²) in [6.45, 7) is 2.35. The predicted octanol–water partition coefficient (Wildman–Crippen LogP) is 1.82. The molecule has 5 rings (SSSR count). The second kappa shape index (κ2) is 6.74. The highest BCUT2D eigenvalue weighted by Crippen LogP contribution is 2.34. The molecule has 8 heteroatoms. The summed E-state index contributed by atoms with van der Waals surface area (Å²) in [6, 6.07) is 0. The van der Waals surface area contributed by atoms with Gasteiger partial charge < -0.3 is 14.8 Å². The van der Waals surface area contributed by atoms with Crippen LogP contribution in [0.25, 0.3) is 0 Å². The Balaban J connectivity index is 1.31. The first kappa shape index (κ1) is 16.9. The molecule has 2 unspecified atom stereocenters. The summed E-state index contributed by atoms with van der Waals surface area (Å²) in [7, 11) is 0. The minimum atomic E-state index is -0.220. The zero-order chi connectivity index (χ0) is 18.4. The van der Waals surface area contributed by atoms with Crippen LogP contribution in [0.5, 0.6) is 0 Å². The van der Waals surface area contributed by atoms with Crippen LogP contribution in [0.2, 0.25) is 0 Å². The predicted molar refractivity (Wildman–Crippen MR) is 102 cm³/mol. The summed E-state index contributed by atoms with van der Waals surface area (Å²) in [5.41, 5.74) is 0.0958. The van der Waals surface area contributed by atoms with Crippen LogP contribution in [0.15, 0.2) is 35.8 Å². The van der Waals surface area contributed by atoms with Gasteiger partial charge in [0.25, 0.3) is 11.8 Å². The molecule has 1 saturated carbocycles. The van der Waals surface area contributed by atoms with Crippen LogP contribution in [0.1, 0.15) is 37.4 Å². The Morgan fingerprint density at radius 3 is 3.07 bits per heavy atom. The third-order valence-electron chi connectivity index (χ3n) is 5.72. The molecule has 4 heterocycles. The van der Waals surface area contributed by atoms with Gasteiger partial charge in [0.15, 0.2) is 5.50 Å². The first-order valence-corrected chi connectivity index (χ1v) is 10.6. The van der Waals surface area contributed by atoms with Crippen molar-refractivity contribution in [1.29, 1.82) is 0 Å².